The van der Waals surface area contributed by atoms with Gasteiger partial charge in [0.15, 0.2) is 5.78 Å². The summed E-state index contributed by atoms with van der Waals surface area (Å²) in [5.41, 5.74) is -0.500. The minimum Gasteiger partial charge on any atom is -0.293 e. The molecule has 1 rings (SSSR count). The number of nitro benzene ring substituents is 1. The Bertz CT molecular complexity index is 436. The van der Waals surface area contributed by atoms with Gasteiger partial charge >= 0.3 is 0 Å². The Morgan fingerprint density at radius 3 is 2.53 bits per heavy atom. The van der Waals surface area contributed by atoms with E-state index in [0.717, 1.165) is 6.07 Å². The van der Waals surface area contributed by atoms with Crippen molar-refractivity contribution in [2.45, 2.75) is 0 Å². The molecule has 0 aromatic heterocycles. The molecule has 80 valence electrons. The van der Waals surface area contributed by atoms with Crippen molar-refractivity contribution < 1.29 is 9.72 Å². The number of hydrogen-bond donors (Lipinski definition) is 0. The monoisotopic (exact) mass is 311 g/mol. The number of nitrogens with zero attached hydrogens (tertiary/aromatic N) is 1. The quantitative estimate of drug-likeness (QED) is 0.371. The zero-order chi connectivity index (χ0) is 11.6. The molecule has 0 aliphatic rings. The van der Waals surface area contributed by atoms with Gasteiger partial charge in [0.25, 0.3) is 5.69 Å². The minimum atomic E-state index is -0.687. The first-order chi connectivity index (χ1) is 6.97. The Balaban J connectivity index is 3.46. The minimum absolute atomic E-state index is 0.0151. The van der Waals surface area contributed by atoms with Crippen molar-refractivity contribution in [1.82, 2.24) is 0 Å². The molecule has 0 fully saturated rings. The van der Waals surface area contributed by atoms with Gasteiger partial charge in [-0.05, 0) is 6.07 Å². The lowest BCUT2D eigenvalue weighted by Gasteiger charge is -2.03. The topological polar surface area (TPSA) is 60.2 Å². The lowest BCUT2D eigenvalue weighted by atomic mass is 10.1. The van der Waals surface area contributed by atoms with Gasteiger partial charge in [-0.25, -0.2) is 0 Å². The van der Waals surface area contributed by atoms with Crippen molar-refractivity contribution in [2.24, 2.45) is 0 Å². The van der Waals surface area contributed by atoms with Crippen molar-refractivity contribution in [3.8, 4) is 0 Å². The Hall–Kier alpha value is -0.650. The fraction of sp³-hybridized carbons (Fsp3) is 0.125. The summed E-state index contributed by atoms with van der Waals surface area (Å²) in [6.45, 7) is 0. The van der Waals surface area contributed by atoms with Gasteiger partial charge in [-0.2, -0.15) is 0 Å². The van der Waals surface area contributed by atoms with E-state index in [4.69, 9.17) is 23.2 Å². The second-order valence-electron chi connectivity index (χ2n) is 2.60. The van der Waals surface area contributed by atoms with E-state index in [1.165, 1.54) is 6.07 Å². The van der Waals surface area contributed by atoms with Crippen LogP contribution in [0.4, 0.5) is 5.69 Å². The Morgan fingerprint density at radius 1 is 1.47 bits per heavy atom. The van der Waals surface area contributed by atoms with Crippen LogP contribution < -0.4 is 0 Å². The van der Waals surface area contributed by atoms with Crippen molar-refractivity contribution in [1.29, 1.82) is 0 Å². The molecule has 0 bridgehead atoms. The number of nitro groups is 1. The molecular weight excluding hydrogens is 309 g/mol. The van der Waals surface area contributed by atoms with Crippen LogP contribution in [0.1, 0.15) is 10.4 Å². The van der Waals surface area contributed by atoms with E-state index in [0.29, 0.717) is 0 Å². The maximum atomic E-state index is 11.4. The van der Waals surface area contributed by atoms with Crippen LogP contribution in [0, 0.1) is 10.1 Å². The predicted molar refractivity (Wildman–Crippen MR) is 61.2 cm³/mol. The second kappa shape index (κ2) is 4.92. The van der Waals surface area contributed by atoms with Gasteiger partial charge in [-0.1, -0.05) is 39.1 Å². The number of Topliss-reactive ketones (excluding diaryl/α,β-unsaturated/α-hetero) is 1. The van der Waals surface area contributed by atoms with Gasteiger partial charge in [0.2, 0.25) is 0 Å². The van der Waals surface area contributed by atoms with Crippen LogP contribution in [0.5, 0.6) is 0 Å². The molecule has 0 aliphatic heterocycles. The highest BCUT2D eigenvalue weighted by molar-refractivity contribution is 9.09. The van der Waals surface area contributed by atoms with Gasteiger partial charge in [0, 0.05) is 11.1 Å². The number of carbonyl (C=O) groups excluding carboxylic acids is 1. The largest absolute Gasteiger partial charge is 0.293 e. The Morgan fingerprint density at radius 2 is 2.07 bits per heavy atom. The number of halogens is 3. The number of hydrogen-bond acceptors (Lipinski definition) is 3. The van der Waals surface area contributed by atoms with E-state index in [2.05, 4.69) is 15.9 Å². The zero-order valence-electron chi connectivity index (χ0n) is 7.17. The first-order valence-electron chi connectivity index (χ1n) is 3.70. The van der Waals surface area contributed by atoms with E-state index < -0.39 is 10.7 Å². The third kappa shape index (κ3) is 2.68. The van der Waals surface area contributed by atoms with Crippen LogP contribution in [0.3, 0.4) is 0 Å². The number of benzene rings is 1. The summed E-state index contributed by atoms with van der Waals surface area (Å²) >= 11 is 14.2. The molecule has 0 saturated carbocycles. The molecule has 0 amide bonds. The molecule has 0 spiro atoms. The molecule has 0 radical (unpaired) electrons. The van der Waals surface area contributed by atoms with Crippen molar-refractivity contribution in [3.05, 3.63) is 37.9 Å². The fourth-order valence-corrected chi connectivity index (χ4v) is 1.92. The van der Waals surface area contributed by atoms with Gasteiger partial charge in [0.05, 0.1) is 15.3 Å². The molecule has 0 atom stereocenters. The maximum Gasteiger partial charge on any atom is 0.283 e. The number of ketones is 1. The van der Waals surface area contributed by atoms with E-state index >= 15 is 0 Å². The molecule has 4 nitrogen and oxygen atoms in total. The summed E-state index contributed by atoms with van der Waals surface area (Å²) < 4.78 is 0. The summed E-state index contributed by atoms with van der Waals surface area (Å²) in [5.74, 6) is -0.455. The molecule has 1 aromatic carbocycles. The highest BCUT2D eigenvalue weighted by Gasteiger charge is 2.23. The SMILES string of the molecule is O=C(CBr)c1c(Cl)cc(Cl)cc1[N+](=O)[O-]. The van der Waals surface area contributed by atoms with E-state index in [9.17, 15) is 14.9 Å². The molecule has 0 N–H and O–H groups in total. The first-order valence-corrected chi connectivity index (χ1v) is 5.57. The van der Waals surface area contributed by atoms with Gasteiger partial charge in [-0.3, -0.25) is 14.9 Å². The van der Waals surface area contributed by atoms with Crippen molar-refractivity contribution >= 4 is 50.6 Å². The normalized spacial score (nSPS) is 10.1. The summed E-state index contributed by atoms with van der Waals surface area (Å²) in [6.07, 6.45) is 0. The fourth-order valence-electron chi connectivity index (χ4n) is 1.05. The third-order valence-electron chi connectivity index (χ3n) is 1.63. The van der Waals surface area contributed by atoms with E-state index in [1.807, 2.05) is 0 Å². The summed E-state index contributed by atoms with van der Waals surface area (Å²) in [4.78, 5) is 21.4. The zero-order valence-corrected chi connectivity index (χ0v) is 10.3. The third-order valence-corrected chi connectivity index (χ3v) is 2.66. The van der Waals surface area contributed by atoms with Crippen LogP contribution in [0.15, 0.2) is 12.1 Å². The standard InChI is InChI=1S/C8H4BrCl2NO3/c9-3-7(13)8-5(11)1-4(10)2-6(8)12(14)15/h1-2H,3H2. The maximum absolute atomic E-state index is 11.4. The van der Waals surface area contributed by atoms with Gasteiger partial charge in [0.1, 0.15) is 5.56 Å². The molecule has 7 heteroatoms. The average molecular weight is 313 g/mol. The summed E-state index contributed by atoms with van der Waals surface area (Å²) in [6, 6.07) is 2.40. The second-order valence-corrected chi connectivity index (χ2v) is 4.00. The number of carbonyl (C=O) groups is 1. The molecule has 0 saturated heterocycles. The molecule has 0 heterocycles. The predicted octanol–water partition coefficient (Wildman–Crippen LogP) is 3.48. The molecule has 0 unspecified atom stereocenters. The molecule has 15 heavy (non-hydrogen) atoms. The lowest BCUT2D eigenvalue weighted by Crippen LogP contribution is -2.05. The highest BCUT2D eigenvalue weighted by atomic mass is 79.9. The first kappa shape index (κ1) is 12.4. The summed E-state index contributed by atoms with van der Waals surface area (Å²) in [5, 5.41) is 10.7. The van der Waals surface area contributed by atoms with Crippen LogP contribution in [-0.4, -0.2) is 16.0 Å². The van der Waals surface area contributed by atoms with Crippen molar-refractivity contribution in [3.63, 3.8) is 0 Å². The van der Waals surface area contributed by atoms with Gasteiger partial charge in [-0.15, -0.1) is 0 Å². The van der Waals surface area contributed by atoms with Crippen LogP contribution in [0.2, 0.25) is 10.0 Å². The molecule has 0 aliphatic carbocycles. The summed E-state index contributed by atoms with van der Waals surface area (Å²) in [7, 11) is 0. The van der Waals surface area contributed by atoms with Crippen LogP contribution in [0.25, 0.3) is 0 Å². The Kier molecular flexibility index (Phi) is 4.07. The molecule has 1 aromatic rings. The van der Waals surface area contributed by atoms with Crippen molar-refractivity contribution in [2.75, 3.05) is 5.33 Å². The highest BCUT2D eigenvalue weighted by Crippen LogP contribution is 2.31. The number of alkyl halides is 1. The lowest BCUT2D eigenvalue weighted by molar-refractivity contribution is -0.385. The van der Waals surface area contributed by atoms with Gasteiger partial charge < -0.3 is 0 Å². The van der Waals surface area contributed by atoms with Crippen LogP contribution >= 0.6 is 39.1 Å². The molecular formula is C8H4BrCl2NO3. The average Bonchev–Trinajstić information content (AvgIpc) is 2.15. The van der Waals surface area contributed by atoms with Crippen LogP contribution in [-0.2, 0) is 0 Å². The van der Waals surface area contributed by atoms with E-state index in [1.54, 1.807) is 0 Å². The smallest absolute Gasteiger partial charge is 0.283 e. The number of rotatable bonds is 3. The Labute approximate surface area is 103 Å². The van der Waals surface area contributed by atoms with E-state index in [-0.39, 0.29) is 26.6 Å².